The van der Waals surface area contributed by atoms with Crippen LogP contribution < -0.4 is 10.5 Å². The second-order valence-electron chi connectivity index (χ2n) is 3.84. The molecule has 1 aromatic carbocycles. The molecule has 0 saturated heterocycles. The van der Waals surface area contributed by atoms with Gasteiger partial charge in [0.25, 0.3) is 0 Å². The second-order valence-corrected chi connectivity index (χ2v) is 3.84. The molecule has 19 heavy (non-hydrogen) atoms. The van der Waals surface area contributed by atoms with Crippen LogP contribution in [0.1, 0.15) is 11.4 Å². The molecule has 1 heterocycles. The minimum Gasteiger partial charge on any atom is -0.483 e. The summed E-state index contributed by atoms with van der Waals surface area (Å²) in [4.78, 5) is 3.92. The third kappa shape index (κ3) is 2.95. The molecule has 0 fully saturated rings. The molecule has 0 spiro atoms. The lowest BCUT2D eigenvalue weighted by Crippen LogP contribution is -2.08. The van der Waals surface area contributed by atoms with E-state index in [-0.39, 0.29) is 18.0 Å². The van der Waals surface area contributed by atoms with Crippen molar-refractivity contribution in [1.29, 1.82) is 0 Å². The Morgan fingerprint density at radius 2 is 2.11 bits per heavy atom. The van der Waals surface area contributed by atoms with Gasteiger partial charge in [-0.3, -0.25) is 4.68 Å². The second kappa shape index (κ2) is 4.79. The van der Waals surface area contributed by atoms with Gasteiger partial charge in [-0.05, 0) is 18.2 Å². The van der Waals surface area contributed by atoms with Gasteiger partial charge in [-0.1, -0.05) is 0 Å². The van der Waals surface area contributed by atoms with Gasteiger partial charge in [-0.25, -0.2) is 4.98 Å². The van der Waals surface area contributed by atoms with Gasteiger partial charge in [0.15, 0.2) is 5.82 Å². The van der Waals surface area contributed by atoms with Crippen molar-refractivity contribution in [3.8, 4) is 5.75 Å². The molecule has 0 atom stereocenters. The lowest BCUT2D eigenvalue weighted by atomic mass is 10.2. The van der Waals surface area contributed by atoms with Gasteiger partial charge >= 0.3 is 6.18 Å². The quantitative estimate of drug-likeness (QED) is 0.868. The number of nitrogens with two attached hydrogens (primary N) is 1. The molecule has 2 rings (SSSR count). The first kappa shape index (κ1) is 13.2. The summed E-state index contributed by atoms with van der Waals surface area (Å²) in [6, 6.07) is 2.95. The molecule has 0 aliphatic rings. The van der Waals surface area contributed by atoms with E-state index < -0.39 is 11.7 Å². The maximum atomic E-state index is 12.4. The fraction of sp³-hybridized carbons (Fsp3) is 0.273. The lowest BCUT2D eigenvalue weighted by molar-refractivity contribution is -0.137. The van der Waals surface area contributed by atoms with E-state index in [1.54, 1.807) is 7.05 Å². The van der Waals surface area contributed by atoms with Crippen molar-refractivity contribution in [2.75, 3.05) is 5.73 Å². The molecule has 2 N–H and O–H groups in total. The third-order valence-corrected chi connectivity index (χ3v) is 2.50. The smallest absolute Gasteiger partial charge is 0.416 e. The number of nitrogens with zero attached hydrogens (tertiary/aromatic N) is 3. The number of nitrogen functional groups attached to an aromatic ring is 1. The summed E-state index contributed by atoms with van der Waals surface area (Å²) >= 11 is 0. The monoisotopic (exact) mass is 272 g/mol. The molecule has 102 valence electrons. The van der Waals surface area contributed by atoms with Crippen LogP contribution in [0.4, 0.5) is 18.9 Å². The summed E-state index contributed by atoms with van der Waals surface area (Å²) < 4.78 is 44.1. The molecule has 0 saturated carbocycles. The van der Waals surface area contributed by atoms with Gasteiger partial charge in [0.2, 0.25) is 0 Å². The Balaban J connectivity index is 2.12. The lowest BCUT2D eigenvalue weighted by Gasteiger charge is -2.11. The topological polar surface area (TPSA) is 66.0 Å². The van der Waals surface area contributed by atoms with Crippen molar-refractivity contribution >= 4 is 5.69 Å². The summed E-state index contributed by atoms with van der Waals surface area (Å²) in [6.07, 6.45) is -3.06. The van der Waals surface area contributed by atoms with Crippen molar-refractivity contribution in [1.82, 2.24) is 14.8 Å². The standard InChI is InChI=1S/C11H11F3N4O/c1-18-10(16-6-17-18)5-19-9-3-2-7(4-8(9)15)11(12,13)14/h2-4,6H,5,15H2,1H3. The summed E-state index contributed by atoms with van der Waals surface area (Å²) in [7, 11) is 1.68. The molecule has 8 heteroatoms. The number of anilines is 1. The van der Waals surface area contributed by atoms with Crippen LogP contribution in [-0.2, 0) is 19.8 Å². The molecule has 0 amide bonds. The molecule has 0 unspecified atom stereocenters. The van der Waals surface area contributed by atoms with Crippen molar-refractivity contribution in [2.45, 2.75) is 12.8 Å². The largest absolute Gasteiger partial charge is 0.483 e. The van der Waals surface area contributed by atoms with Crippen molar-refractivity contribution in [3.63, 3.8) is 0 Å². The number of hydrogen-bond acceptors (Lipinski definition) is 4. The van der Waals surface area contributed by atoms with Crippen LogP contribution in [0.2, 0.25) is 0 Å². The summed E-state index contributed by atoms with van der Waals surface area (Å²) in [5, 5.41) is 3.84. The molecular formula is C11H11F3N4O. The molecule has 1 aromatic heterocycles. The Hall–Kier alpha value is -2.25. The summed E-state index contributed by atoms with van der Waals surface area (Å²) in [6.45, 7) is 0.0755. The first-order valence-corrected chi connectivity index (χ1v) is 5.30. The van der Waals surface area contributed by atoms with E-state index in [0.717, 1.165) is 12.1 Å². The van der Waals surface area contributed by atoms with Gasteiger partial charge in [0.05, 0.1) is 11.3 Å². The Morgan fingerprint density at radius 1 is 1.37 bits per heavy atom. The number of rotatable bonds is 3. The minimum absolute atomic E-state index is 0.0722. The third-order valence-electron chi connectivity index (χ3n) is 2.50. The predicted molar refractivity (Wildman–Crippen MR) is 61.2 cm³/mol. The molecule has 2 aromatic rings. The maximum absolute atomic E-state index is 12.4. The van der Waals surface area contributed by atoms with E-state index in [1.807, 2.05) is 0 Å². The normalized spacial score (nSPS) is 11.6. The zero-order valence-electron chi connectivity index (χ0n) is 9.98. The Labute approximate surface area is 106 Å². The number of hydrogen-bond donors (Lipinski definition) is 1. The van der Waals surface area contributed by atoms with Gasteiger partial charge < -0.3 is 10.5 Å². The number of ether oxygens (including phenoxy) is 1. The Morgan fingerprint density at radius 3 is 2.63 bits per heavy atom. The van der Waals surface area contributed by atoms with Gasteiger partial charge in [-0.15, -0.1) is 0 Å². The van der Waals surface area contributed by atoms with E-state index in [0.29, 0.717) is 5.82 Å². The van der Waals surface area contributed by atoms with Crippen LogP contribution in [0.5, 0.6) is 5.75 Å². The fourth-order valence-corrected chi connectivity index (χ4v) is 1.45. The van der Waals surface area contributed by atoms with E-state index in [2.05, 4.69) is 10.1 Å². The highest BCUT2D eigenvalue weighted by Gasteiger charge is 2.30. The van der Waals surface area contributed by atoms with Crippen LogP contribution in [0.25, 0.3) is 0 Å². The van der Waals surface area contributed by atoms with E-state index in [1.165, 1.54) is 17.1 Å². The zero-order valence-corrected chi connectivity index (χ0v) is 9.98. The SMILES string of the molecule is Cn1ncnc1COc1ccc(C(F)(F)F)cc1N. The van der Waals surface area contributed by atoms with Crippen molar-refractivity contribution in [3.05, 3.63) is 35.9 Å². The van der Waals surface area contributed by atoms with Crippen LogP contribution in [0.15, 0.2) is 24.5 Å². The summed E-state index contributed by atoms with van der Waals surface area (Å²) in [5.41, 5.74) is 4.65. The van der Waals surface area contributed by atoms with Crippen molar-refractivity contribution < 1.29 is 17.9 Å². The Bertz CT molecular complexity index is 580. The zero-order chi connectivity index (χ0) is 14.0. The number of benzene rings is 1. The molecule has 0 aliphatic carbocycles. The number of alkyl halides is 3. The van der Waals surface area contributed by atoms with Gasteiger partial charge in [-0.2, -0.15) is 18.3 Å². The van der Waals surface area contributed by atoms with E-state index in [4.69, 9.17) is 10.5 Å². The van der Waals surface area contributed by atoms with Crippen LogP contribution in [-0.4, -0.2) is 14.8 Å². The molecule has 0 aliphatic heterocycles. The van der Waals surface area contributed by atoms with E-state index in [9.17, 15) is 13.2 Å². The van der Waals surface area contributed by atoms with Crippen molar-refractivity contribution in [2.24, 2.45) is 7.05 Å². The first-order valence-electron chi connectivity index (χ1n) is 5.30. The maximum Gasteiger partial charge on any atom is 0.416 e. The highest BCUT2D eigenvalue weighted by Crippen LogP contribution is 2.33. The minimum atomic E-state index is -4.42. The van der Waals surface area contributed by atoms with Crippen LogP contribution >= 0.6 is 0 Å². The van der Waals surface area contributed by atoms with Gasteiger partial charge in [0, 0.05) is 7.05 Å². The van der Waals surface area contributed by atoms with Crippen LogP contribution in [0, 0.1) is 0 Å². The average molecular weight is 272 g/mol. The molecule has 0 radical (unpaired) electrons. The fourth-order valence-electron chi connectivity index (χ4n) is 1.45. The average Bonchev–Trinajstić information content (AvgIpc) is 2.72. The Kier molecular flexibility index (Phi) is 3.32. The predicted octanol–water partition coefficient (Wildman–Crippen LogP) is 2.00. The highest BCUT2D eigenvalue weighted by atomic mass is 19.4. The molecular weight excluding hydrogens is 261 g/mol. The van der Waals surface area contributed by atoms with Crippen LogP contribution in [0.3, 0.4) is 0 Å². The highest BCUT2D eigenvalue weighted by molar-refractivity contribution is 5.54. The number of aryl methyl sites for hydroxylation is 1. The first-order chi connectivity index (χ1) is 8.88. The number of halogens is 3. The number of aromatic nitrogens is 3. The van der Waals surface area contributed by atoms with E-state index >= 15 is 0 Å². The molecule has 0 bridgehead atoms. The molecule has 5 nitrogen and oxygen atoms in total. The summed E-state index contributed by atoms with van der Waals surface area (Å²) in [5.74, 6) is 0.718. The van der Waals surface area contributed by atoms with Gasteiger partial charge in [0.1, 0.15) is 18.7 Å².